The highest BCUT2D eigenvalue weighted by Crippen LogP contribution is 2.42. The quantitative estimate of drug-likeness (QED) is 0.881. The summed E-state index contributed by atoms with van der Waals surface area (Å²) in [5.41, 5.74) is 0.494. The molecule has 0 unspecified atom stereocenters. The molecule has 1 aromatic heterocycles. The second-order valence-corrected chi connectivity index (χ2v) is 7.81. The van der Waals surface area contributed by atoms with E-state index in [9.17, 15) is 9.90 Å². The molecule has 1 saturated heterocycles. The summed E-state index contributed by atoms with van der Waals surface area (Å²) in [6.45, 7) is 3.76. The molecule has 27 heavy (non-hydrogen) atoms. The van der Waals surface area contributed by atoms with E-state index in [1.807, 2.05) is 41.3 Å². The van der Waals surface area contributed by atoms with Crippen molar-refractivity contribution >= 4 is 5.91 Å². The number of amides is 1. The summed E-state index contributed by atoms with van der Waals surface area (Å²) in [7, 11) is 0. The van der Waals surface area contributed by atoms with Crippen LogP contribution in [0.2, 0.25) is 0 Å². The van der Waals surface area contributed by atoms with Crippen molar-refractivity contribution in [1.82, 2.24) is 9.80 Å². The van der Waals surface area contributed by atoms with Gasteiger partial charge in [-0.15, -0.1) is 0 Å². The first-order valence-corrected chi connectivity index (χ1v) is 9.98. The second kappa shape index (κ2) is 7.87. The number of carbonyl (C=O) groups is 1. The normalized spacial score (nSPS) is 21.3. The molecule has 2 fully saturated rings. The van der Waals surface area contributed by atoms with Crippen LogP contribution in [0.3, 0.4) is 0 Å². The molecule has 1 amide bonds. The van der Waals surface area contributed by atoms with Crippen LogP contribution in [0.5, 0.6) is 0 Å². The number of rotatable bonds is 5. The number of hydrogen-bond acceptors (Lipinski definition) is 4. The molecule has 5 heteroatoms. The molecule has 0 radical (unpaired) electrons. The van der Waals surface area contributed by atoms with E-state index in [-0.39, 0.29) is 11.8 Å². The maximum absolute atomic E-state index is 13.5. The minimum Gasteiger partial charge on any atom is -0.472 e. The molecule has 1 aliphatic carbocycles. The fourth-order valence-corrected chi connectivity index (χ4v) is 4.56. The van der Waals surface area contributed by atoms with Crippen LogP contribution in [0.15, 0.2) is 53.3 Å². The molecular formula is C22H28N2O3. The topological polar surface area (TPSA) is 56.9 Å². The smallest absolute Gasteiger partial charge is 0.259 e. The summed E-state index contributed by atoms with van der Waals surface area (Å²) >= 11 is 0. The number of nitrogens with zero attached hydrogens (tertiary/aromatic N) is 2. The lowest BCUT2D eigenvalue weighted by Gasteiger charge is -2.41. The van der Waals surface area contributed by atoms with Gasteiger partial charge >= 0.3 is 0 Å². The summed E-state index contributed by atoms with van der Waals surface area (Å²) in [4.78, 5) is 17.7. The van der Waals surface area contributed by atoms with Gasteiger partial charge in [-0.05, 0) is 24.5 Å². The Morgan fingerprint density at radius 2 is 1.78 bits per heavy atom. The van der Waals surface area contributed by atoms with Crippen molar-refractivity contribution < 1.29 is 14.3 Å². The summed E-state index contributed by atoms with van der Waals surface area (Å²) < 4.78 is 5.14. The first-order valence-electron chi connectivity index (χ1n) is 9.98. The number of benzene rings is 1. The molecule has 0 bridgehead atoms. The summed E-state index contributed by atoms with van der Waals surface area (Å²) in [5.74, 6) is -0.111. The van der Waals surface area contributed by atoms with Crippen molar-refractivity contribution in [3.8, 4) is 0 Å². The standard InChI is InChI=1S/C22H28N2O3/c25-21(24-13-11-23(12-14-24)16-18-10-15-27-17-18)22(26,20-8-4-5-9-20)19-6-2-1-3-7-19/h1-3,6-7,10,15,17,20,26H,4-5,8-9,11-14,16H2/t22-/m0/s1. The summed E-state index contributed by atoms with van der Waals surface area (Å²) in [6.07, 6.45) is 7.47. The van der Waals surface area contributed by atoms with E-state index in [4.69, 9.17) is 4.42 Å². The van der Waals surface area contributed by atoms with Crippen molar-refractivity contribution in [1.29, 1.82) is 0 Å². The lowest BCUT2D eigenvalue weighted by molar-refractivity contribution is -0.161. The summed E-state index contributed by atoms with van der Waals surface area (Å²) in [5, 5.41) is 11.7. The van der Waals surface area contributed by atoms with Gasteiger partial charge in [0.2, 0.25) is 0 Å². The third kappa shape index (κ3) is 3.66. The van der Waals surface area contributed by atoms with Gasteiger partial charge in [0.15, 0.2) is 5.60 Å². The average Bonchev–Trinajstić information content (AvgIpc) is 3.42. The Bertz CT molecular complexity index is 732. The number of carbonyl (C=O) groups excluding carboxylic acids is 1. The number of hydrogen-bond donors (Lipinski definition) is 1. The zero-order valence-electron chi connectivity index (χ0n) is 15.7. The molecular weight excluding hydrogens is 340 g/mol. The van der Waals surface area contributed by atoms with Crippen molar-refractivity contribution in [3.05, 3.63) is 60.1 Å². The highest BCUT2D eigenvalue weighted by Gasteiger charge is 2.48. The number of furan rings is 1. The lowest BCUT2D eigenvalue weighted by atomic mass is 9.79. The predicted molar refractivity (Wildman–Crippen MR) is 103 cm³/mol. The molecule has 1 atom stereocenters. The van der Waals surface area contributed by atoms with E-state index in [1.54, 1.807) is 12.5 Å². The van der Waals surface area contributed by atoms with Crippen LogP contribution in [0.4, 0.5) is 0 Å². The van der Waals surface area contributed by atoms with Crippen LogP contribution in [0.1, 0.15) is 36.8 Å². The fourth-order valence-electron chi connectivity index (χ4n) is 4.56. The molecule has 1 aliphatic heterocycles. The molecule has 4 rings (SSSR count). The van der Waals surface area contributed by atoms with Gasteiger partial charge in [0, 0.05) is 44.2 Å². The zero-order chi connectivity index (χ0) is 18.7. The molecule has 2 aliphatic rings. The highest BCUT2D eigenvalue weighted by molar-refractivity contribution is 5.87. The van der Waals surface area contributed by atoms with Gasteiger partial charge < -0.3 is 14.4 Å². The Kier molecular flexibility index (Phi) is 5.32. The molecule has 0 spiro atoms. The van der Waals surface area contributed by atoms with E-state index in [2.05, 4.69) is 4.90 Å². The van der Waals surface area contributed by atoms with E-state index in [1.165, 1.54) is 0 Å². The average molecular weight is 368 g/mol. The molecule has 2 aromatic rings. The van der Waals surface area contributed by atoms with Crippen LogP contribution in [-0.2, 0) is 16.9 Å². The second-order valence-electron chi connectivity index (χ2n) is 7.81. The molecule has 1 aromatic carbocycles. The molecule has 1 saturated carbocycles. The first-order chi connectivity index (χ1) is 13.2. The summed E-state index contributed by atoms with van der Waals surface area (Å²) in [6, 6.07) is 11.5. The Morgan fingerprint density at radius 1 is 1.07 bits per heavy atom. The molecule has 5 nitrogen and oxygen atoms in total. The molecule has 2 heterocycles. The first kappa shape index (κ1) is 18.3. The van der Waals surface area contributed by atoms with Gasteiger partial charge in [-0.2, -0.15) is 0 Å². The van der Waals surface area contributed by atoms with Crippen molar-refractivity contribution in [2.45, 2.75) is 37.8 Å². The Hall–Kier alpha value is -2.11. The van der Waals surface area contributed by atoms with Crippen molar-refractivity contribution in [3.63, 3.8) is 0 Å². The minimum absolute atomic E-state index is 0.0105. The third-order valence-electron chi connectivity index (χ3n) is 6.13. The minimum atomic E-state index is -1.40. The van der Waals surface area contributed by atoms with Gasteiger partial charge in [-0.25, -0.2) is 0 Å². The van der Waals surface area contributed by atoms with E-state index < -0.39 is 5.60 Å². The van der Waals surface area contributed by atoms with Gasteiger partial charge in [-0.1, -0.05) is 43.2 Å². The van der Waals surface area contributed by atoms with Crippen LogP contribution >= 0.6 is 0 Å². The van der Waals surface area contributed by atoms with Gasteiger partial charge in [-0.3, -0.25) is 9.69 Å². The monoisotopic (exact) mass is 368 g/mol. The van der Waals surface area contributed by atoms with Crippen LogP contribution in [-0.4, -0.2) is 47.0 Å². The van der Waals surface area contributed by atoms with E-state index in [0.29, 0.717) is 13.1 Å². The lowest BCUT2D eigenvalue weighted by Crippen LogP contribution is -2.56. The SMILES string of the molecule is O=C(N1CCN(Cc2ccoc2)CC1)[C@](O)(c1ccccc1)C1CCCC1. The Balaban J connectivity index is 1.47. The van der Waals surface area contributed by atoms with Gasteiger partial charge in [0.1, 0.15) is 0 Å². The van der Waals surface area contributed by atoms with Crippen LogP contribution < -0.4 is 0 Å². The molecule has 144 valence electrons. The van der Waals surface area contributed by atoms with Crippen LogP contribution in [0.25, 0.3) is 0 Å². The van der Waals surface area contributed by atoms with Crippen LogP contribution in [0, 0.1) is 5.92 Å². The van der Waals surface area contributed by atoms with Crippen molar-refractivity contribution in [2.75, 3.05) is 26.2 Å². The number of aliphatic hydroxyl groups is 1. The van der Waals surface area contributed by atoms with Crippen molar-refractivity contribution in [2.24, 2.45) is 5.92 Å². The predicted octanol–water partition coefficient (Wildman–Crippen LogP) is 3.00. The van der Waals surface area contributed by atoms with Gasteiger partial charge in [0.25, 0.3) is 5.91 Å². The largest absolute Gasteiger partial charge is 0.472 e. The zero-order valence-corrected chi connectivity index (χ0v) is 15.7. The maximum atomic E-state index is 13.5. The van der Waals surface area contributed by atoms with E-state index in [0.717, 1.165) is 56.4 Å². The number of piperazine rings is 1. The third-order valence-corrected chi connectivity index (χ3v) is 6.13. The Labute approximate surface area is 160 Å². The van der Waals surface area contributed by atoms with Gasteiger partial charge in [0.05, 0.1) is 12.5 Å². The highest BCUT2D eigenvalue weighted by atomic mass is 16.3. The fraction of sp³-hybridized carbons (Fsp3) is 0.500. The Morgan fingerprint density at radius 3 is 2.41 bits per heavy atom. The molecule has 1 N–H and O–H groups in total. The van der Waals surface area contributed by atoms with E-state index >= 15 is 0 Å². The maximum Gasteiger partial charge on any atom is 0.259 e.